The first kappa shape index (κ1) is 14.8. The Morgan fingerprint density at radius 1 is 1.21 bits per heavy atom. The molecular formula is C18H19N5O. The van der Waals surface area contributed by atoms with Gasteiger partial charge in [-0.3, -0.25) is 20.0 Å². The third kappa shape index (κ3) is 3.14. The highest BCUT2D eigenvalue weighted by Gasteiger charge is 2.25. The van der Waals surface area contributed by atoms with Crippen molar-refractivity contribution in [2.75, 3.05) is 0 Å². The lowest BCUT2D eigenvalue weighted by molar-refractivity contribution is 0.262. The van der Waals surface area contributed by atoms with Gasteiger partial charge >= 0.3 is 0 Å². The molecule has 0 aliphatic carbocycles. The van der Waals surface area contributed by atoms with Gasteiger partial charge < -0.3 is 4.74 Å². The molecule has 6 nitrogen and oxygen atoms in total. The molecule has 4 heterocycles. The van der Waals surface area contributed by atoms with Gasteiger partial charge in [0.05, 0.1) is 17.6 Å². The van der Waals surface area contributed by atoms with Crippen LogP contribution < -0.4 is 4.74 Å². The summed E-state index contributed by atoms with van der Waals surface area (Å²) in [5, 5.41) is 7.54. The number of rotatable bonds is 5. The number of nitrogens with zero attached hydrogens (tertiary/aromatic N) is 4. The Balaban J connectivity index is 1.41. The predicted octanol–water partition coefficient (Wildman–Crippen LogP) is 2.60. The molecule has 0 saturated carbocycles. The Morgan fingerprint density at radius 3 is 3.00 bits per heavy atom. The summed E-state index contributed by atoms with van der Waals surface area (Å²) in [5.41, 5.74) is 5.53. The third-order valence-electron chi connectivity index (χ3n) is 4.14. The topological polar surface area (TPSA) is 66.9 Å². The summed E-state index contributed by atoms with van der Waals surface area (Å²) in [6.07, 6.45) is 3.44. The van der Waals surface area contributed by atoms with Crippen LogP contribution >= 0.6 is 0 Å². The van der Waals surface area contributed by atoms with Crippen LogP contribution in [0.3, 0.4) is 0 Å². The highest BCUT2D eigenvalue weighted by molar-refractivity contribution is 5.29. The van der Waals surface area contributed by atoms with Crippen LogP contribution in [0, 0.1) is 6.92 Å². The zero-order valence-electron chi connectivity index (χ0n) is 13.6. The number of H-pyrrole nitrogens is 1. The predicted molar refractivity (Wildman–Crippen MR) is 89.1 cm³/mol. The van der Waals surface area contributed by atoms with Crippen molar-refractivity contribution in [3.63, 3.8) is 0 Å². The quantitative estimate of drug-likeness (QED) is 0.782. The first-order valence-electron chi connectivity index (χ1n) is 8.00. The first-order valence-corrected chi connectivity index (χ1v) is 8.00. The van der Waals surface area contributed by atoms with Gasteiger partial charge in [-0.05, 0) is 31.2 Å². The molecule has 0 saturated heterocycles. The van der Waals surface area contributed by atoms with Crippen molar-refractivity contribution in [1.82, 2.24) is 25.1 Å². The van der Waals surface area contributed by atoms with E-state index in [-0.39, 0.29) is 0 Å². The van der Waals surface area contributed by atoms with Crippen LogP contribution in [-0.2, 0) is 26.2 Å². The highest BCUT2D eigenvalue weighted by Crippen LogP contribution is 2.25. The van der Waals surface area contributed by atoms with Crippen molar-refractivity contribution in [2.24, 2.45) is 0 Å². The van der Waals surface area contributed by atoms with E-state index in [1.54, 1.807) is 12.4 Å². The van der Waals surface area contributed by atoms with Crippen molar-refractivity contribution < 1.29 is 4.74 Å². The van der Waals surface area contributed by atoms with Gasteiger partial charge in [-0.15, -0.1) is 0 Å². The Hall–Kier alpha value is -2.73. The lowest BCUT2D eigenvalue weighted by Gasteiger charge is -2.14. The van der Waals surface area contributed by atoms with Crippen molar-refractivity contribution >= 4 is 0 Å². The molecular weight excluding hydrogens is 302 g/mol. The SMILES string of the molecule is Cc1cccc(CN2Cc3[nH]nc(COc4cccnc4)c3C2)n1. The van der Waals surface area contributed by atoms with Gasteiger partial charge in [0, 0.05) is 37.1 Å². The molecule has 0 aromatic carbocycles. The molecule has 1 aliphatic heterocycles. The van der Waals surface area contributed by atoms with Crippen LogP contribution in [0.25, 0.3) is 0 Å². The maximum Gasteiger partial charge on any atom is 0.138 e. The maximum absolute atomic E-state index is 5.77. The number of hydrogen-bond donors (Lipinski definition) is 1. The van der Waals surface area contributed by atoms with Crippen molar-refractivity contribution in [1.29, 1.82) is 0 Å². The van der Waals surface area contributed by atoms with Crippen LogP contribution in [0.5, 0.6) is 5.75 Å². The molecule has 24 heavy (non-hydrogen) atoms. The van der Waals surface area contributed by atoms with Crippen LogP contribution in [0.2, 0.25) is 0 Å². The number of aromatic amines is 1. The molecule has 1 aliphatic rings. The fraction of sp³-hybridized carbons (Fsp3) is 0.278. The van der Waals surface area contributed by atoms with E-state index >= 15 is 0 Å². The van der Waals surface area contributed by atoms with Crippen molar-refractivity contribution in [3.05, 3.63) is 71.1 Å². The first-order chi connectivity index (χ1) is 11.8. The van der Waals surface area contributed by atoms with E-state index in [1.165, 1.54) is 11.3 Å². The van der Waals surface area contributed by atoms with Gasteiger partial charge in [0.25, 0.3) is 0 Å². The van der Waals surface area contributed by atoms with Gasteiger partial charge in [0.2, 0.25) is 0 Å². The summed E-state index contributed by atoms with van der Waals surface area (Å²) in [6, 6.07) is 9.91. The average molecular weight is 321 g/mol. The van der Waals surface area contributed by atoms with Crippen molar-refractivity contribution in [3.8, 4) is 5.75 Å². The number of aromatic nitrogens is 4. The highest BCUT2D eigenvalue weighted by atomic mass is 16.5. The summed E-state index contributed by atoms with van der Waals surface area (Å²) >= 11 is 0. The normalized spacial score (nSPS) is 13.9. The van der Waals surface area contributed by atoms with Crippen molar-refractivity contribution in [2.45, 2.75) is 33.2 Å². The zero-order valence-corrected chi connectivity index (χ0v) is 13.6. The van der Waals surface area contributed by atoms with E-state index < -0.39 is 0 Å². The minimum Gasteiger partial charge on any atom is -0.486 e. The molecule has 4 rings (SSSR count). The largest absolute Gasteiger partial charge is 0.486 e. The van der Waals surface area contributed by atoms with Gasteiger partial charge in [-0.2, -0.15) is 5.10 Å². The molecule has 3 aromatic rings. The molecule has 0 bridgehead atoms. The average Bonchev–Trinajstić information content (AvgIpc) is 3.14. The summed E-state index contributed by atoms with van der Waals surface area (Å²) in [4.78, 5) is 11.0. The molecule has 0 radical (unpaired) electrons. The smallest absolute Gasteiger partial charge is 0.138 e. The molecule has 122 valence electrons. The number of fused-ring (bicyclic) bond motifs is 1. The van der Waals surface area contributed by atoms with E-state index in [2.05, 4.69) is 37.2 Å². The van der Waals surface area contributed by atoms with Gasteiger partial charge in [-0.1, -0.05) is 6.07 Å². The monoisotopic (exact) mass is 321 g/mol. The number of aryl methyl sites for hydroxylation is 1. The van der Waals surface area contributed by atoms with E-state index in [0.717, 1.165) is 42.5 Å². The van der Waals surface area contributed by atoms with Gasteiger partial charge in [-0.25, -0.2) is 0 Å². The lowest BCUT2D eigenvalue weighted by Crippen LogP contribution is -2.17. The fourth-order valence-electron chi connectivity index (χ4n) is 3.00. The molecule has 0 amide bonds. The molecule has 3 aromatic heterocycles. The maximum atomic E-state index is 5.77. The van der Waals surface area contributed by atoms with Crippen LogP contribution in [0.1, 0.15) is 28.3 Å². The Labute approximate surface area is 140 Å². The molecule has 0 fully saturated rings. The van der Waals surface area contributed by atoms with Crippen LogP contribution in [0.4, 0.5) is 0 Å². The number of hydrogen-bond acceptors (Lipinski definition) is 5. The van der Waals surface area contributed by atoms with Crippen LogP contribution in [-0.4, -0.2) is 25.1 Å². The van der Waals surface area contributed by atoms with E-state index in [0.29, 0.717) is 6.61 Å². The summed E-state index contributed by atoms with van der Waals surface area (Å²) in [5.74, 6) is 0.757. The molecule has 6 heteroatoms. The molecule has 1 N–H and O–H groups in total. The van der Waals surface area contributed by atoms with E-state index in [9.17, 15) is 0 Å². The Kier molecular flexibility index (Phi) is 3.96. The minimum absolute atomic E-state index is 0.452. The van der Waals surface area contributed by atoms with E-state index in [4.69, 9.17) is 4.74 Å². The second kappa shape index (κ2) is 6.41. The van der Waals surface area contributed by atoms with E-state index in [1.807, 2.05) is 25.1 Å². The second-order valence-corrected chi connectivity index (χ2v) is 6.02. The standard InChI is InChI=1S/C18H19N5O/c1-13-4-2-5-14(20-13)9-23-10-16-17(11-23)21-22-18(16)12-24-15-6-3-7-19-8-15/h2-8H,9-12H2,1H3,(H,21,22). The molecule has 0 unspecified atom stereocenters. The summed E-state index contributed by atoms with van der Waals surface area (Å²) in [7, 11) is 0. The number of nitrogens with one attached hydrogen (secondary N) is 1. The second-order valence-electron chi connectivity index (χ2n) is 6.02. The van der Waals surface area contributed by atoms with Gasteiger partial charge in [0.1, 0.15) is 18.1 Å². The number of pyridine rings is 2. The summed E-state index contributed by atoms with van der Waals surface area (Å²) < 4.78 is 5.77. The summed E-state index contributed by atoms with van der Waals surface area (Å²) in [6.45, 7) is 5.05. The fourth-order valence-corrected chi connectivity index (χ4v) is 3.00. The van der Waals surface area contributed by atoms with Gasteiger partial charge in [0.15, 0.2) is 0 Å². The molecule has 0 atom stereocenters. The molecule has 0 spiro atoms. The Bertz CT molecular complexity index is 830. The third-order valence-corrected chi connectivity index (χ3v) is 4.14. The van der Waals surface area contributed by atoms with Crippen LogP contribution in [0.15, 0.2) is 42.7 Å². The zero-order chi connectivity index (χ0) is 16.4. The Morgan fingerprint density at radius 2 is 2.17 bits per heavy atom. The lowest BCUT2D eigenvalue weighted by atomic mass is 10.2. The number of ether oxygens (including phenoxy) is 1. The minimum atomic E-state index is 0.452.